The Morgan fingerprint density at radius 2 is 2.05 bits per heavy atom. The first-order chi connectivity index (χ1) is 9.83. The highest BCUT2D eigenvalue weighted by molar-refractivity contribution is 5.92. The van der Waals surface area contributed by atoms with Crippen LogP contribution < -0.4 is 16.2 Å². The molecule has 0 unspecified atom stereocenters. The first-order valence-corrected chi connectivity index (χ1v) is 7.47. The third-order valence-corrected chi connectivity index (χ3v) is 4.12. The second kappa shape index (κ2) is 5.67. The monoisotopic (exact) mass is 270 g/mol. The quantitative estimate of drug-likeness (QED) is 0.665. The number of anilines is 2. The van der Waals surface area contributed by atoms with E-state index in [9.17, 15) is 0 Å². The van der Waals surface area contributed by atoms with E-state index in [0.29, 0.717) is 0 Å². The summed E-state index contributed by atoms with van der Waals surface area (Å²) in [5, 5.41) is 1.20. The molecule has 4 nitrogen and oxygen atoms in total. The van der Waals surface area contributed by atoms with Gasteiger partial charge in [-0.15, -0.1) is 0 Å². The maximum absolute atomic E-state index is 5.62. The molecule has 1 aromatic carbocycles. The molecule has 1 saturated heterocycles. The molecule has 3 rings (SSSR count). The van der Waals surface area contributed by atoms with Crippen LogP contribution in [0.4, 0.5) is 11.5 Å². The van der Waals surface area contributed by atoms with Crippen molar-refractivity contribution in [2.75, 3.05) is 23.4 Å². The Hall–Kier alpha value is -1.81. The van der Waals surface area contributed by atoms with Crippen molar-refractivity contribution in [1.82, 2.24) is 4.98 Å². The summed E-state index contributed by atoms with van der Waals surface area (Å²) in [5.41, 5.74) is 6.19. The minimum absolute atomic E-state index is 0.796. The summed E-state index contributed by atoms with van der Waals surface area (Å²) in [7, 11) is 0. The predicted molar refractivity (Wildman–Crippen MR) is 85.0 cm³/mol. The van der Waals surface area contributed by atoms with E-state index in [2.05, 4.69) is 41.5 Å². The van der Waals surface area contributed by atoms with Crippen LogP contribution in [0.1, 0.15) is 31.7 Å². The first kappa shape index (κ1) is 13.2. The van der Waals surface area contributed by atoms with Gasteiger partial charge in [0.05, 0.1) is 11.2 Å². The fourth-order valence-electron chi connectivity index (χ4n) is 3.01. The summed E-state index contributed by atoms with van der Waals surface area (Å²) in [5.74, 6) is 6.42. The molecule has 0 saturated carbocycles. The number of nitrogens with one attached hydrogen (secondary N) is 1. The van der Waals surface area contributed by atoms with E-state index in [0.717, 1.165) is 36.4 Å². The zero-order valence-corrected chi connectivity index (χ0v) is 12.0. The lowest BCUT2D eigenvalue weighted by atomic mass is 10.1. The van der Waals surface area contributed by atoms with Gasteiger partial charge in [0, 0.05) is 18.5 Å². The Balaban J connectivity index is 2.12. The van der Waals surface area contributed by atoms with Crippen LogP contribution in [-0.4, -0.2) is 18.1 Å². The molecule has 0 spiro atoms. The third-order valence-electron chi connectivity index (χ3n) is 4.12. The number of nitrogens with zero attached hydrogens (tertiary/aromatic N) is 2. The number of hydrazine groups is 1. The maximum Gasteiger partial charge on any atom is 0.143 e. The number of para-hydroxylation sites is 1. The molecule has 0 amide bonds. The van der Waals surface area contributed by atoms with Crippen molar-refractivity contribution in [3.05, 3.63) is 29.8 Å². The number of fused-ring (bicyclic) bond motifs is 1. The van der Waals surface area contributed by atoms with Gasteiger partial charge in [-0.05, 0) is 43.4 Å². The van der Waals surface area contributed by atoms with Gasteiger partial charge in [-0.25, -0.2) is 10.8 Å². The zero-order valence-electron chi connectivity index (χ0n) is 12.0. The molecule has 1 aromatic heterocycles. The van der Waals surface area contributed by atoms with Crippen molar-refractivity contribution in [2.24, 2.45) is 5.84 Å². The number of nitrogens with two attached hydrogens (primary N) is 1. The van der Waals surface area contributed by atoms with Crippen LogP contribution in [0.5, 0.6) is 0 Å². The fourth-order valence-corrected chi connectivity index (χ4v) is 3.01. The fraction of sp³-hybridized carbons (Fsp3) is 0.438. The van der Waals surface area contributed by atoms with Crippen LogP contribution in [0, 0.1) is 0 Å². The van der Waals surface area contributed by atoms with E-state index < -0.39 is 0 Å². The van der Waals surface area contributed by atoms with Crippen molar-refractivity contribution in [2.45, 2.75) is 32.6 Å². The summed E-state index contributed by atoms with van der Waals surface area (Å²) < 4.78 is 0. The zero-order chi connectivity index (χ0) is 13.9. The van der Waals surface area contributed by atoms with Gasteiger partial charge in [-0.3, -0.25) is 0 Å². The van der Waals surface area contributed by atoms with E-state index in [4.69, 9.17) is 10.8 Å². The second-order valence-electron chi connectivity index (χ2n) is 5.39. The van der Waals surface area contributed by atoms with Crippen molar-refractivity contribution < 1.29 is 0 Å². The van der Waals surface area contributed by atoms with Crippen LogP contribution in [0.3, 0.4) is 0 Å². The maximum atomic E-state index is 5.62. The van der Waals surface area contributed by atoms with Crippen LogP contribution in [0.2, 0.25) is 0 Å². The Labute approximate surface area is 120 Å². The standard InChI is InChI=1S/C16H22N4/c1-2-12-11-13-7-6-8-14(15(13)18-16(12)19-17)20-9-4-3-5-10-20/h6-8,11H,2-5,9-10,17H2,1H3,(H,18,19). The van der Waals surface area contributed by atoms with E-state index in [1.165, 1.54) is 30.3 Å². The lowest BCUT2D eigenvalue weighted by Gasteiger charge is -2.29. The number of benzene rings is 1. The van der Waals surface area contributed by atoms with Gasteiger partial charge in [0.1, 0.15) is 5.82 Å². The van der Waals surface area contributed by atoms with Crippen molar-refractivity contribution in [3.8, 4) is 0 Å². The SMILES string of the molecule is CCc1cc2cccc(N3CCCCC3)c2nc1NN. The Bertz CT molecular complexity index is 603. The molecule has 0 atom stereocenters. The molecule has 4 heteroatoms. The summed E-state index contributed by atoms with van der Waals surface area (Å²) in [6.07, 6.45) is 4.80. The minimum Gasteiger partial charge on any atom is -0.370 e. The molecule has 1 aliphatic rings. The molecule has 20 heavy (non-hydrogen) atoms. The van der Waals surface area contributed by atoms with Crippen molar-refractivity contribution in [1.29, 1.82) is 0 Å². The normalized spacial score (nSPS) is 15.6. The van der Waals surface area contributed by atoms with E-state index >= 15 is 0 Å². The predicted octanol–water partition coefficient (Wildman–Crippen LogP) is 3.07. The average molecular weight is 270 g/mol. The molecule has 0 radical (unpaired) electrons. The van der Waals surface area contributed by atoms with Gasteiger partial charge in [0.25, 0.3) is 0 Å². The van der Waals surface area contributed by atoms with Crippen molar-refractivity contribution in [3.63, 3.8) is 0 Å². The van der Waals surface area contributed by atoms with E-state index in [1.54, 1.807) is 0 Å². The number of aromatic nitrogens is 1. The number of piperidine rings is 1. The third kappa shape index (κ3) is 2.31. The number of pyridine rings is 1. The summed E-state index contributed by atoms with van der Waals surface area (Å²) in [6, 6.07) is 8.63. The number of hydrogen-bond donors (Lipinski definition) is 2. The summed E-state index contributed by atoms with van der Waals surface area (Å²) in [4.78, 5) is 7.21. The van der Waals surface area contributed by atoms with Gasteiger partial charge < -0.3 is 10.3 Å². The van der Waals surface area contributed by atoms with Gasteiger partial charge in [0.2, 0.25) is 0 Å². The largest absolute Gasteiger partial charge is 0.370 e. The Kier molecular flexibility index (Phi) is 3.74. The van der Waals surface area contributed by atoms with Gasteiger partial charge in [-0.2, -0.15) is 0 Å². The smallest absolute Gasteiger partial charge is 0.143 e. The first-order valence-electron chi connectivity index (χ1n) is 7.47. The lowest BCUT2D eigenvalue weighted by Crippen LogP contribution is -2.29. The topological polar surface area (TPSA) is 54.2 Å². The van der Waals surface area contributed by atoms with Crippen LogP contribution in [0.25, 0.3) is 10.9 Å². The average Bonchev–Trinajstić information content (AvgIpc) is 2.53. The highest BCUT2D eigenvalue weighted by atomic mass is 15.3. The van der Waals surface area contributed by atoms with Crippen LogP contribution in [-0.2, 0) is 6.42 Å². The molecule has 0 aliphatic carbocycles. The molecule has 2 aromatic rings. The van der Waals surface area contributed by atoms with E-state index in [1.807, 2.05) is 0 Å². The number of aryl methyl sites for hydroxylation is 1. The minimum atomic E-state index is 0.796. The van der Waals surface area contributed by atoms with Gasteiger partial charge in [-0.1, -0.05) is 19.1 Å². The number of nitrogen functional groups attached to an aromatic ring is 1. The highest BCUT2D eigenvalue weighted by Crippen LogP contribution is 2.30. The van der Waals surface area contributed by atoms with Crippen LogP contribution in [0.15, 0.2) is 24.3 Å². The van der Waals surface area contributed by atoms with Gasteiger partial charge in [0.15, 0.2) is 0 Å². The molecule has 106 valence electrons. The molecule has 1 fully saturated rings. The molecule has 0 bridgehead atoms. The second-order valence-corrected chi connectivity index (χ2v) is 5.39. The van der Waals surface area contributed by atoms with Crippen molar-refractivity contribution >= 4 is 22.4 Å². The summed E-state index contributed by atoms with van der Waals surface area (Å²) in [6.45, 7) is 4.38. The molecule has 2 heterocycles. The van der Waals surface area contributed by atoms with Gasteiger partial charge >= 0.3 is 0 Å². The van der Waals surface area contributed by atoms with E-state index in [-0.39, 0.29) is 0 Å². The highest BCUT2D eigenvalue weighted by Gasteiger charge is 2.15. The Morgan fingerprint density at radius 1 is 1.25 bits per heavy atom. The molecule has 1 aliphatic heterocycles. The Morgan fingerprint density at radius 3 is 2.75 bits per heavy atom. The summed E-state index contributed by atoms with van der Waals surface area (Å²) >= 11 is 0. The van der Waals surface area contributed by atoms with Crippen LogP contribution >= 0.6 is 0 Å². The molecular formula is C16H22N4. The molecular weight excluding hydrogens is 248 g/mol. The number of hydrogen-bond acceptors (Lipinski definition) is 4. The molecule has 3 N–H and O–H groups in total. The number of rotatable bonds is 3. The lowest BCUT2D eigenvalue weighted by molar-refractivity contribution is 0.579.